The third-order valence-electron chi connectivity index (χ3n) is 4.23. The van der Waals surface area contributed by atoms with Crippen LogP contribution >= 0.6 is 12.4 Å². The van der Waals surface area contributed by atoms with Gasteiger partial charge in [-0.2, -0.15) is 4.98 Å². The van der Waals surface area contributed by atoms with Crippen LogP contribution in [-0.4, -0.2) is 41.3 Å². The van der Waals surface area contributed by atoms with Crippen LogP contribution < -0.4 is 10.5 Å². The van der Waals surface area contributed by atoms with E-state index in [2.05, 4.69) is 22.0 Å². The van der Waals surface area contributed by atoms with Crippen molar-refractivity contribution in [2.24, 2.45) is 11.7 Å². The standard InChI is InChI=1S/C16H22N4O2.ClH/c1-11-9-20(8-7-14(11)17)10-15-18-16(19-22-15)12-3-5-13(21-2)6-4-12;/h3-6,11,14H,7-10,17H2,1-2H3;1H. The summed E-state index contributed by atoms with van der Waals surface area (Å²) in [6, 6.07) is 7.93. The van der Waals surface area contributed by atoms with E-state index in [0.29, 0.717) is 30.2 Å². The highest BCUT2D eigenvalue weighted by Gasteiger charge is 2.24. The molecule has 0 radical (unpaired) electrons. The molecule has 0 spiro atoms. The first-order valence-corrected chi connectivity index (χ1v) is 7.60. The number of piperidine rings is 1. The van der Waals surface area contributed by atoms with Crippen molar-refractivity contribution >= 4 is 12.4 Å². The highest BCUT2D eigenvalue weighted by Crippen LogP contribution is 2.21. The van der Waals surface area contributed by atoms with Gasteiger partial charge in [-0.25, -0.2) is 0 Å². The predicted molar refractivity (Wildman–Crippen MR) is 90.6 cm³/mol. The summed E-state index contributed by atoms with van der Waals surface area (Å²) in [4.78, 5) is 6.80. The molecule has 6 nitrogen and oxygen atoms in total. The number of halogens is 1. The van der Waals surface area contributed by atoms with Gasteiger partial charge in [-0.1, -0.05) is 12.1 Å². The number of likely N-dealkylation sites (tertiary alicyclic amines) is 1. The van der Waals surface area contributed by atoms with Crippen LogP contribution in [0.1, 0.15) is 19.2 Å². The second-order valence-corrected chi connectivity index (χ2v) is 5.91. The number of aromatic nitrogens is 2. The maximum absolute atomic E-state index is 6.05. The zero-order valence-electron chi connectivity index (χ0n) is 13.4. The Morgan fingerprint density at radius 2 is 2.09 bits per heavy atom. The molecule has 1 aromatic carbocycles. The van der Waals surface area contributed by atoms with E-state index in [1.165, 1.54) is 0 Å². The van der Waals surface area contributed by atoms with Crippen LogP contribution in [0, 0.1) is 5.92 Å². The molecule has 1 aromatic heterocycles. The first-order chi connectivity index (χ1) is 10.7. The molecule has 7 heteroatoms. The summed E-state index contributed by atoms with van der Waals surface area (Å²) >= 11 is 0. The minimum absolute atomic E-state index is 0. The van der Waals surface area contributed by atoms with Gasteiger partial charge in [-0.3, -0.25) is 4.90 Å². The van der Waals surface area contributed by atoms with E-state index in [4.69, 9.17) is 15.0 Å². The molecule has 2 aromatic rings. The second-order valence-electron chi connectivity index (χ2n) is 5.91. The van der Waals surface area contributed by atoms with Gasteiger partial charge < -0.3 is 15.0 Å². The summed E-state index contributed by atoms with van der Waals surface area (Å²) in [7, 11) is 1.65. The Labute approximate surface area is 142 Å². The Balaban J connectivity index is 0.00000192. The molecule has 3 rings (SSSR count). The Hall–Kier alpha value is -1.63. The number of nitrogens with zero attached hydrogens (tertiary/aromatic N) is 3. The molecule has 2 heterocycles. The Morgan fingerprint density at radius 1 is 1.35 bits per heavy atom. The van der Waals surface area contributed by atoms with Gasteiger partial charge in [0.1, 0.15) is 5.75 Å². The van der Waals surface area contributed by atoms with Gasteiger partial charge in [0.2, 0.25) is 11.7 Å². The Bertz CT molecular complexity index is 617. The smallest absolute Gasteiger partial charge is 0.241 e. The van der Waals surface area contributed by atoms with Crippen molar-refractivity contribution in [3.05, 3.63) is 30.2 Å². The van der Waals surface area contributed by atoms with E-state index < -0.39 is 0 Å². The van der Waals surface area contributed by atoms with Crippen LogP contribution in [0.3, 0.4) is 0 Å². The van der Waals surface area contributed by atoms with Crippen LogP contribution in [0.15, 0.2) is 28.8 Å². The quantitative estimate of drug-likeness (QED) is 0.922. The third-order valence-corrected chi connectivity index (χ3v) is 4.23. The molecule has 126 valence electrons. The Kier molecular flexibility index (Phi) is 5.98. The summed E-state index contributed by atoms with van der Waals surface area (Å²) in [6.07, 6.45) is 1.01. The van der Waals surface area contributed by atoms with E-state index in [9.17, 15) is 0 Å². The van der Waals surface area contributed by atoms with Gasteiger partial charge in [-0.05, 0) is 36.6 Å². The normalized spacial score (nSPS) is 21.7. The summed E-state index contributed by atoms with van der Waals surface area (Å²) in [5.74, 6) is 2.57. The molecule has 1 aliphatic rings. The van der Waals surface area contributed by atoms with Crippen molar-refractivity contribution in [2.75, 3.05) is 20.2 Å². The highest BCUT2D eigenvalue weighted by molar-refractivity contribution is 5.85. The molecule has 2 unspecified atom stereocenters. The van der Waals surface area contributed by atoms with Crippen LogP contribution in [0.2, 0.25) is 0 Å². The van der Waals surface area contributed by atoms with E-state index in [1.54, 1.807) is 7.11 Å². The van der Waals surface area contributed by atoms with Crippen molar-refractivity contribution < 1.29 is 9.26 Å². The van der Waals surface area contributed by atoms with Crippen LogP contribution in [0.5, 0.6) is 5.75 Å². The number of rotatable bonds is 4. The summed E-state index contributed by atoms with van der Waals surface area (Å²) in [6.45, 7) is 4.82. The topological polar surface area (TPSA) is 77.4 Å². The van der Waals surface area contributed by atoms with Crippen molar-refractivity contribution in [3.8, 4) is 17.1 Å². The predicted octanol–water partition coefficient (Wildman–Crippen LogP) is 2.34. The number of hydrogen-bond donors (Lipinski definition) is 1. The number of nitrogens with two attached hydrogens (primary N) is 1. The Morgan fingerprint density at radius 3 is 2.74 bits per heavy atom. The van der Waals surface area contributed by atoms with Gasteiger partial charge in [0, 0.05) is 24.7 Å². The van der Waals surface area contributed by atoms with Gasteiger partial charge in [-0.15, -0.1) is 12.4 Å². The fraction of sp³-hybridized carbons (Fsp3) is 0.500. The molecule has 0 aliphatic carbocycles. The number of hydrogen-bond acceptors (Lipinski definition) is 6. The van der Waals surface area contributed by atoms with Crippen LogP contribution in [0.4, 0.5) is 0 Å². The molecule has 0 bridgehead atoms. The summed E-state index contributed by atoms with van der Waals surface area (Å²) in [5.41, 5.74) is 6.97. The molecule has 2 atom stereocenters. The van der Waals surface area contributed by atoms with Crippen LogP contribution in [0.25, 0.3) is 11.4 Å². The van der Waals surface area contributed by atoms with Gasteiger partial charge in [0.15, 0.2) is 0 Å². The molecular weight excluding hydrogens is 316 g/mol. The monoisotopic (exact) mass is 338 g/mol. The van der Waals surface area contributed by atoms with E-state index in [0.717, 1.165) is 30.8 Å². The molecular formula is C16H23ClN4O2. The molecule has 0 saturated carbocycles. The van der Waals surface area contributed by atoms with Gasteiger partial charge in [0.05, 0.1) is 13.7 Å². The molecule has 1 saturated heterocycles. The number of benzene rings is 1. The van der Waals surface area contributed by atoms with E-state index in [-0.39, 0.29) is 12.4 Å². The summed E-state index contributed by atoms with van der Waals surface area (Å²) in [5, 5.41) is 4.06. The van der Waals surface area contributed by atoms with Crippen LogP contribution in [-0.2, 0) is 6.54 Å². The minimum Gasteiger partial charge on any atom is -0.497 e. The summed E-state index contributed by atoms with van der Waals surface area (Å²) < 4.78 is 10.5. The minimum atomic E-state index is 0. The van der Waals surface area contributed by atoms with E-state index >= 15 is 0 Å². The average Bonchev–Trinajstić information content (AvgIpc) is 2.99. The van der Waals surface area contributed by atoms with Crippen molar-refractivity contribution in [2.45, 2.75) is 25.9 Å². The molecule has 1 fully saturated rings. The maximum Gasteiger partial charge on any atom is 0.241 e. The largest absolute Gasteiger partial charge is 0.497 e. The lowest BCUT2D eigenvalue weighted by Crippen LogP contribution is -2.45. The highest BCUT2D eigenvalue weighted by atomic mass is 35.5. The molecule has 0 amide bonds. The first kappa shape index (κ1) is 17.7. The zero-order chi connectivity index (χ0) is 15.5. The number of methoxy groups -OCH3 is 1. The van der Waals surface area contributed by atoms with Crippen molar-refractivity contribution in [1.29, 1.82) is 0 Å². The fourth-order valence-electron chi connectivity index (χ4n) is 2.76. The lowest BCUT2D eigenvalue weighted by Gasteiger charge is -2.34. The number of ether oxygens (including phenoxy) is 1. The lowest BCUT2D eigenvalue weighted by molar-refractivity contribution is 0.142. The van der Waals surface area contributed by atoms with Gasteiger partial charge in [0.25, 0.3) is 0 Å². The molecule has 1 aliphatic heterocycles. The maximum atomic E-state index is 6.05. The van der Waals surface area contributed by atoms with Crippen molar-refractivity contribution in [1.82, 2.24) is 15.0 Å². The SMILES string of the molecule is COc1ccc(-c2noc(CN3CCC(N)C(C)C3)n2)cc1.Cl. The van der Waals surface area contributed by atoms with Gasteiger partial charge >= 0.3 is 0 Å². The average molecular weight is 339 g/mol. The molecule has 2 N–H and O–H groups in total. The third kappa shape index (κ3) is 4.22. The second kappa shape index (κ2) is 7.77. The lowest BCUT2D eigenvalue weighted by atomic mass is 9.95. The zero-order valence-corrected chi connectivity index (χ0v) is 14.3. The molecule has 23 heavy (non-hydrogen) atoms. The van der Waals surface area contributed by atoms with E-state index in [1.807, 2.05) is 24.3 Å². The van der Waals surface area contributed by atoms with Crippen molar-refractivity contribution in [3.63, 3.8) is 0 Å². The fourth-order valence-corrected chi connectivity index (χ4v) is 2.76. The first-order valence-electron chi connectivity index (χ1n) is 7.60.